The SMILES string of the molecule is Cc1cccc(NC(=O)CS(=O)(=O)CCC(=O)O)c1C. The minimum absolute atomic E-state index is 0.501. The number of carboxylic acid groups (broad SMARTS) is 1. The van der Waals surface area contributed by atoms with E-state index in [0.29, 0.717) is 5.69 Å². The van der Waals surface area contributed by atoms with Gasteiger partial charge in [-0.1, -0.05) is 12.1 Å². The topological polar surface area (TPSA) is 101 Å². The van der Waals surface area contributed by atoms with E-state index >= 15 is 0 Å². The van der Waals surface area contributed by atoms with Crippen LogP contribution in [0.15, 0.2) is 18.2 Å². The van der Waals surface area contributed by atoms with Crippen LogP contribution in [0, 0.1) is 13.8 Å². The number of carbonyl (C=O) groups is 2. The van der Waals surface area contributed by atoms with Crippen molar-refractivity contribution in [2.45, 2.75) is 20.3 Å². The average Bonchev–Trinajstić information content (AvgIpc) is 2.32. The molecule has 0 bridgehead atoms. The first-order valence-electron chi connectivity index (χ1n) is 5.99. The van der Waals surface area contributed by atoms with Gasteiger partial charge < -0.3 is 10.4 Å². The second-order valence-electron chi connectivity index (χ2n) is 4.53. The van der Waals surface area contributed by atoms with Crippen LogP contribution in [-0.2, 0) is 19.4 Å². The fourth-order valence-corrected chi connectivity index (χ4v) is 2.69. The lowest BCUT2D eigenvalue weighted by Gasteiger charge is -2.10. The molecule has 6 nitrogen and oxygen atoms in total. The first-order chi connectivity index (χ1) is 9.21. The van der Waals surface area contributed by atoms with E-state index in [1.54, 1.807) is 12.1 Å². The molecule has 0 spiro atoms. The van der Waals surface area contributed by atoms with Crippen molar-refractivity contribution in [3.05, 3.63) is 29.3 Å². The molecule has 0 unspecified atom stereocenters. The normalized spacial score (nSPS) is 11.1. The van der Waals surface area contributed by atoms with Crippen molar-refractivity contribution in [1.82, 2.24) is 0 Å². The summed E-state index contributed by atoms with van der Waals surface area (Å²) in [5.74, 6) is -3.12. The Kier molecular flexibility index (Phi) is 5.26. The predicted octanol–water partition coefficient (Wildman–Crippen LogP) is 1.13. The summed E-state index contributed by atoms with van der Waals surface area (Å²) >= 11 is 0. The quantitative estimate of drug-likeness (QED) is 0.820. The molecule has 0 heterocycles. The van der Waals surface area contributed by atoms with Crippen LogP contribution < -0.4 is 5.32 Å². The second kappa shape index (κ2) is 6.51. The molecule has 1 aromatic rings. The summed E-state index contributed by atoms with van der Waals surface area (Å²) < 4.78 is 23.1. The number of nitrogens with one attached hydrogen (secondary N) is 1. The number of aliphatic carboxylic acids is 1. The molecular weight excluding hydrogens is 282 g/mol. The Hall–Kier alpha value is -1.89. The Balaban J connectivity index is 2.68. The number of amides is 1. The van der Waals surface area contributed by atoms with Gasteiger partial charge in [0.2, 0.25) is 5.91 Å². The zero-order valence-corrected chi connectivity index (χ0v) is 12.2. The standard InChI is InChI=1S/C13H17NO5S/c1-9-4-3-5-11(10(9)2)14-12(15)8-20(18,19)7-6-13(16)17/h3-5H,6-8H2,1-2H3,(H,14,15)(H,16,17). The van der Waals surface area contributed by atoms with Gasteiger partial charge in [0.25, 0.3) is 0 Å². The maximum absolute atomic E-state index is 11.7. The predicted molar refractivity (Wildman–Crippen MR) is 75.5 cm³/mol. The number of carboxylic acids is 1. The van der Waals surface area contributed by atoms with Gasteiger partial charge in [-0.15, -0.1) is 0 Å². The van der Waals surface area contributed by atoms with E-state index < -0.39 is 39.6 Å². The number of aryl methyl sites for hydroxylation is 1. The first-order valence-corrected chi connectivity index (χ1v) is 7.82. The third-order valence-electron chi connectivity index (χ3n) is 2.86. The van der Waals surface area contributed by atoms with Crippen LogP contribution in [0.5, 0.6) is 0 Å². The fraction of sp³-hybridized carbons (Fsp3) is 0.385. The minimum atomic E-state index is -3.71. The minimum Gasteiger partial charge on any atom is -0.481 e. The molecule has 0 fully saturated rings. The lowest BCUT2D eigenvalue weighted by molar-refractivity contribution is -0.136. The van der Waals surface area contributed by atoms with E-state index in [-0.39, 0.29) is 0 Å². The van der Waals surface area contributed by atoms with Gasteiger partial charge >= 0.3 is 5.97 Å². The summed E-state index contributed by atoms with van der Waals surface area (Å²) in [6.45, 7) is 3.71. The number of rotatable bonds is 6. The number of hydrogen-bond acceptors (Lipinski definition) is 4. The molecule has 0 atom stereocenters. The van der Waals surface area contributed by atoms with Crippen LogP contribution in [0.2, 0.25) is 0 Å². The Morgan fingerprint density at radius 2 is 1.90 bits per heavy atom. The Morgan fingerprint density at radius 3 is 2.50 bits per heavy atom. The van der Waals surface area contributed by atoms with Gasteiger partial charge in [-0.25, -0.2) is 8.42 Å². The van der Waals surface area contributed by atoms with Crippen molar-refractivity contribution in [1.29, 1.82) is 0 Å². The monoisotopic (exact) mass is 299 g/mol. The molecule has 110 valence electrons. The van der Waals surface area contributed by atoms with Gasteiger partial charge in [0.15, 0.2) is 9.84 Å². The van der Waals surface area contributed by atoms with E-state index in [4.69, 9.17) is 5.11 Å². The van der Waals surface area contributed by atoms with Crippen molar-refractivity contribution in [2.24, 2.45) is 0 Å². The lowest BCUT2D eigenvalue weighted by atomic mass is 10.1. The lowest BCUT2D eigenvalue weighted by Crippen LogP contribution is -2.25. The summed E-state index contributed by atoms with van der Waals surface area (Å²) in [4.78, 5) is 22.0. The Labute approximate surface area is 117 Å². The average molecular weight is 299 g/mol. The summed E-state index contributed by atoms with van der Waals surface area (Å²) in [5.41, 5.74) is 2.41. The molecule has 7 heteroatoms. The van der Waals surface area contributed by atoms with Crippen molar-refractivity contribution in [3.63, 3.8) is 0 Å². The highest BCUT2D eigenvalue weighted by Crippen LogP contribution is 2.17. The molecule has 0 radical (unpaired) electrons. The third-order valence-corrected chi connectivity index (χ3v) is 4.38. The molecule has 0 aliphatic carbocycles. The van der Waals surface area contributed by atoms with Crippen molar-refractivity contribution < 1.29 is 23.1 Å². The van der Waals surface area contributed by atoms with E-state index in [0.717, 1.165) is 11.1 Å². The maximum Gasteiger partial charge on any atom is 0.304 e. The second-order valence-corrected chi connectivity index (χ2v) is 6.72. The smallest absolute Gasteiger partial charge is 0.304 e. The van der Waals surface area contributed by atoms with Gasteiger partial charge in [-0.2, -0.15) is 0 Å². The molecule has 0 saturated carbocycles. The highest BCUT2D eigenvalue weighted by Gasteiger charge is 2.18. The third kappa shape index (κ3) is 5.00. The zero-order valence-electron chi connectivity index (χ0n) is 11.3. The Bertz CT molecular complexity index is 622. The van der Waals surface area contributed by atoms with Crippen LogP contribution in [0.4, 0.5) is 5.69 Å². The number of anilines is 1. The highest BCUT2D eigenvalue weighted by molar-refractivity contribution is 7.92. The molecule has 2 N–H and O–H groups in total. The molecule has 0 aliphatic heterocycles. The molecule has 0 saturated heterocycles. The van der Waals surface area contributed by atoms with Crippen LogP contribution in [0.1, 0.15) is 17.5 Å². The molecule has 20 heavy (non-hydrogen) atoms. The van der Waals surface area contributed by atoms with E-state index in [1.165, 1.54) is 0 Å². The summed E-state index contributed by atoms with van der Waals surface area (Å²) in [7, 11) is -3.71. The first kappa shape index (κ1) is 16.2. The van der Waals surface area contributed by atoms with Gasteiger partial charge in [0.05, 0.1) is 12.2 Å². The number of carbonyl (C=O) groups excluding carboxylic acids is 1. The fourth-order valence-electron chi connectivity index (χ4n) is 1.59. The van der Waals surface area contributed by atoms with E-state index in [9.17, 15) is 18.0 Å². The van der Waals surface area contributed by atoms with Gasteiger partial charge in [0, 0.05) is 5.69 Å². The summed E-state index contributed by atoms with van der Waals surface area (Å²) in [6, 6.07) is 5.33. The van der Waals surface area contributed by atoms with Crippen LogP contribution in [0.25, 0.3) is 0 Å². The van der Waals surface area contributed by atoms with E-state index in [1.807, 2.05) is 19.9 Å². The highest BCUT2D eigenvalue weighted by atomic mass is 32.2. The largest absolute Gasteiger partial charge is 0.481 e. The maximum atomic E-state index is 11.7. The van der Waals surface area contributed by atoms with Crippen molar-refractivity contribution >= 4 is 27.4 Å². The number of hydrogen-bond donors (Lipinski definition) is 2. The zero-order chi connectivity index (χ0) is 15.3. The summed E-state index contributed by atoms with van der Waals surface area (Å²) in [6.07, 6.45) is -0.501. The Morgan fingerprint density at radius 1 is 1.25 bits per heavy atom. The van der Waals surface area contributed by atoms with Crippen molar-refractivity contribution in [3.8, 4) is 0 Å². The van der Waals surface area contributed by atoms with Gasteiger partial charge in [0.1, 0.15) is 5.75 Å². The molecule has 1 aromatic carbocycles. The molecule has 0 aromatic heterocycles. The number of benzene rings is 1. The van der Waals surface area contributed by atoms with Crippen LogP contribution in [-0.4, -0.2) is 36.9 Å². The van der Waals surface area contributed by atoms with Gasteiger partial charge in [-0.3, -0.25) is 9.59 Å². The molecular formula is C13H17NO5S. The van der Waals surface area contributed by atoms with Crippen molar-refractivity contribution in [2.75, 3.05) is 16.8 Å². The van der Waals surface area contributed by atoms with Crippen LogP contribution >= 0.6 is 0 Å². The van der Waals surface area contributed by atoms with Crippen LogP contribution in [0.3, 0.4) is 0 Å². The van der Waals surface area contributed by atoms with E-state index in [2.05, 4.69) is 5.32 Å². The van der Waals surface area contributed by atoms with Gasteiger partial charge in [-0.05, 0) is 31.0 Å². The molecule has 1 rings (SSSR count). The summed E-state index contributed by atoms with van der Waals surface area (Å²) in [5, 5.41) is 11.0. The molecule has 0 aliphatic rings. The molecule has 1 amide bonds. The number of sulfone groups is 1.